The van der Waals surface area contributed by atoms with Gasteiger partial charge in [-0.25, -0.2) is 9.97 Å². The molecule has 0 radical (unpaired) electrons. The van der Waals surface area contributed by atoms with Crippen LogP contribution in [0.2, 0.25) is 0 Å². The van der Waals surface area contributed by atoms with Crippen LogP contribution in [-0.4, -0.2) is 46.7 Å². The zero-order chi connectivity index (χ0) is 20.4. The molecular weight excluding hydrogens is 386 g/mol. The van der Waals surface area contributed by atoms with Crippen LogP contribution in [-0.2, 0) is 10.5 Å². The summed E-state index contributed by atoms with van der Waals surface area (Å²) in [6, 6.07) is 10.1. The SMILES string of the molecule is Cc1ccc(CSc2nc(N)cc(N3CC[C@@H](O)[C@@]4(CCCNC4=O)C3)n2)cc1. The van der Waals surface area contributed by atoms with E-state index in [9.17, 15) is 9.90 Å². The zero-order valence-corrected chi connectivity index (χ0v) is 17.4. The third-order valence-electron chi connectivity index (χ3n) is 5.85. The number of aliphatic hydroxyl groups is 1. The van der Waals surface area contributed by atoms with Crippen LogP contribution in [0.4, 0.5) is 11.6 Å². The highest BCUT2D eigenvalue weighted by Gasteiger charge is 2.50. The molecule has 0 unspecified atom stereocenters. The van der Waals surface area contributed by atoms with E-state index in [1.54, 1.807) is 17.8 Å². The summed E-state index contributed by atoms with van der Waals surface area (Å²) in [6.45, 7) is 3.82. The Balaban J connectivity index is 1.52. The summed E-state index contributed by atoms with van der Waals surface area (Å²) >= 11 is 1.54. The van der Waals surface area contributed by atoms with Crippen molar-refractivity contribution in [1.29, 1.82) is 0 Å². The summed E-state index contributed by atoms with van der Waals surface area (Å²) in [7, 11) is 0. The third kappa shape index (κ3) is 4.18. The van der Waals surface area contributed by atoms with Gasteiger partial charge in [-0.15, -0.1) is 0 Å². The second-order valence-corrected chi connectivity index (χ2v) is 8.89. The maximum atomic E-state index is 12.6. The lowest BCUT2D eigenvalue weighted by Crippen LogP contribution is -2.61. The van der Waals surface area contributed by atoms with Crippen LogP contribution in [0.25, 0.3) is 0 Å². The highest BCUT2D eigenvalue weighted by atomic mass is 32.2. The number of anilines is 2. The third-order valence-corrected chi connectivity index (χ3v) is 6.76. The molecule has 2 fully saturated rings. The highest BCUT2D eigenvalue weighted by molar-refractivity contribution is 7.98. The second kappa shape index (κ2) is 8.20. The van der Waals surface area contributed by atoms with Crippen LogP contribution in [0.15, 0.2) is 35.5 Å². The number of nitrogens with zero attached hydrogens (tertiary/aromatic N) is 3. The molecule has 29 heavy (non-hydrogen) atoms. The van der Waals surface area contributed by atoms with E-state index in [4.69, 9.17) is 10.7 Å². The molecule has 0 aliphatic carbocycles. The number of benzene rings is 1. The Morgan fingerprint density at radius 2 is 2.14 bits per heavy atom. The molecule has 2 atom stereocenters. The number of aromatic nitrogens is 2. The standard InChI is InChI=1S/C21H27N5O2S/c1-14-3-5-15(6-4-14)12-29-20-24-17(22)11-18(25-20)26-10-7-16(27)21(13-26)8-2-9-23-19(21)28/h3-6,11,16,27H,2,7-10,12-13H2,1H3,(H,23,28)(H2,22,24,25)/t16-,21-/m1/s1. The number of hydrogen-bond acceptors (Lipinski definition) is 7. The van der Waals surface area contributed by atoms with Crippen molar-refractivity contribution < 1.29 is 9.90 Å². The van der Waals surface area contributed by atoms with E-state index in [-0.39, 0.29) is 5.91 Å². The van der Waals surface area contributed by atoms with E-state index in [0.717, 1.165) is 12.2 Å². The Hall–Kier alpha value is -2.32. The van der Waals surface area contributed by atoms with E-state index in [0.29, 0.717) is 49.3 Å². The van der Waals surface area contributed by atoms with Crippen molar-refractivity contribution in [2.75, 3.05) is 30.3 Å². The fraction of sp³-hybridized carbons (Fsp3) is 0.476. The highest BCUT2D eigenvalue weighted by Crippen LogP contribution is 2.39. The second-order valence-electron chi connectivity index (χ2n) is 7.95. The summed E-state index contributed by atoms with van der Waals surface area (Å²) in [5.41, 5.74) is 7.72. The smallest absolute Gasteiger partial charge is 0.230 e. The molecule has 2 aliphatic heterocycles. The normalized spacial score (nSPS) is 24.6. The Kier molecular flexibility index (Phi) is 5.65. The van der Waals surface area contributed by atoms with Gasteiger partial charge in [-0.1, -0.05) is 41.6 Å². The molecule has 1 amide bonds. The number of carbonyl (C=O) groups is 1. The number of nitrogens with two attached hydrogens (primary N) is 1. The molecule has 8 heteroatoms. The van der Waals surface area contributed by atoms with Gasteiger partial charge < -0.3 is 21.1 Å². The van der Waals surface area contributed by atoms with Crippen molar-refractivity contribution >= 4 is 29.3 Å². The van der Waals surface area contributed by atoms with Gasteiger partial charge in [0.25, 0.3) is 0 Å². The maximum absolute atomic E-state index is 12.6. The number of nitrogens with one attached hydrogen (secondary N) is 1. The minimum Gasteiger partial charge on any atom is -0.392 e. The fourth-order valence-electron chi connectivity index (χ4n) is 4.13. The minimum atomic E-state index is -0.772. The van der Waals surface area contributed by atoms with Gasteiger partial charge in [0, 0.05) is 31.5 Å². The number of aryl methyl sites for hydroxylation is 1. The largest absolute Gasteiger partial charge is 0.392 e. The summed E-state index contributed by atoms with van der Waals surface area (Å²) in [4.78, 5) is 23.7. The van der Waals surface area contributed by atoms with Crippen LogP contribution in [0.3, 0.4) is 0 Å². The monoisotopic (exact) mass is 413 g/mol. The summed E-state index contributed by atoms with van der Waals surface area (Å²) in [5.74, 6) is 1.83. The number of thioether (sulfide) groups is 1. The van der Waals surface area contributed by atoms with E-state index >= 15 is 0 Å². The predicted octanol–water partition coefficient (Wildman–Crippen LogP) is 2.13. The molecule has 4 rings (SSSR count). The predicted molar refractivity (Wildman–Crippen MR) is 115 cm³/mol. The van der Waals surface area contributed by atoms with E-state index < -0.39 is 11.5 Å². The molecule has 2 saturated heterocycles. The van der Waals surface area contributed by atoms with Gasteiger partial charge in [0.2, 0.25) is 5.91 Å². The van der Waals surface area contributed by atoms with Gasteiger partial charge in [0.05, 0.1) is 11.5 Å². The van der Waals surface area contributed by atoms with Crippen molar-refractivity contribution in [3.63, 3.8) is 0 Å². The number of nitrogen functional groups attached to an aromatic ring is 1. The fourth-order valence-corrected chi connectivity index (χ4v) is 4.94. The van der Waals surface area contributed by atoms with Crippen molar-refractivity contribution in [2.24, 2.45) is 5.41 Å². The van der Waals surface area contributed by atoms with Crippen LogP contribution in [0, 0.1) is 12.3 Å². The van der Waals surface area contributed by atoms with Crippen molar-refractivity contribution in [2.45, 2.75) is 43.2 Å². The number of piperidine rings is 2. The Labute approximate surface area is 175 Å². The average molecular weight is 414 g/mol. The molecule has 1 aromatic heterocycles. The first-order valence-electron chi connectivity index (χ1n) is 10.0. The van der Waals surface area contributed by atoms with Gasteiger partial charge in [-0.3, -0.25) is 4.79 Å². The Morgan fingerprint density at radius 3 is 2.90 bits per heavy atom. The average Bonchev–Trinajstić information content (AvgIpc) is 2.71. The van der Waals surface area contributed by atoms with E-state index in [1.165, 1.54) is 11.1 Å². The lowest BCUT2D eigenvalue weighted by atomic mass is 9.71. The lowest BCUT2D eigenvalue weighted by molar-refractivity contribution is -0.142. The van der Waals surface area contributed by atoms with Crippen molar-refractivity contribution in [1.82, 2.24) is 15.3 Å². The Morgan fingerprint density at radius 1 is 1.34 bits per heavy atom. The topological polar surface area (TPSA) is 104 Å². The molecule has 1 spiro atoms. The van der Waals surface area contributed by atoms with Crippen molar-refractivity contribution in [3.8, 4) is 0 Å². The van der Waals surface area contributed by atoms with Crippen LogP contribution >= 0.6 is 11.8 Å². The molecule has 2 aliphatic rings. The van der Waals surface area contributed by atoms with Crippen LogP contribution < -0.4 is 16.0 Å². The summed E-state index contributed by atoms with van der Waals surface area (Å²) in [5, 5.41) is 14.2. The zero-order valence-electron chi connectivity index (χ0n) is 16.6. The molecule has 154 valence electrons. The van der Waals surface area contributed by atoms with Crippen LogP contribution in [0.5, 0.6) is 0 Å². The van der Waals surface area contributed by atoms with Crippen LogP contribution in [0.1, 0.15) is 30.4 Å². The van der Waals surface area contributed by atoms with Crippen molar-refractivity contribution in [3.05, 3.63) is 41.5 Å². The number of amides is 1. The van der Waals surface area contributed by atoms with Gasteiger partial charge in [0.15, 0.2) is 5.16 Å². The molecule has 7 nitrogen and oxygen atoms in total. The first-order chi connectivity index (χ1) is 14.0. The number of carbonyl (C=O) groups excluding carboxylic acids is 1. The quantitative estimate of drug-likeness (QED) is 0.521. The molecule has 3 heterocycles. The number of rotatable bonds is 4. The first-order valence-corrected chi connectivity index (χ1v) is 11.0. The molecule has 1 aromatic carbocycles. The number of aliphatic hydroxyl groups excluding tert-OH is 1. The van der Waals surface area contributed by atoms with Gasteiger partial charge in [-0.2, -0.15) is 0 Å². The lowest BCUT2D eigenvalue weighted by Gasteiger charge is -2.47. The van der Waals surface area contributed by atoms with E-state index in [2.05, 4.69) is 46.4 Å². The molecule has 4 N–H and O–H groups in total. The Bertz CT molecular complexity index is 891. The summed E-state index contributed by atoms with van der Waals surface area (Å²) in [6.07, 6.45) is 1.46. The van der Waals surface area contributed by atoms with E-state index in [1.807, 2.05) is 0 Å². The van der Waals surface area contributed by atoms with Gasteiger partial charge in [-0.05, 0) is 31.7 Å². The molecule has 0 bridgehead atoms. The van der Waals surface area contributed by atoms with Gasteiger partial charge >= 0.3 is 0 Å². The molecule has 0 saturated carbocycles. The summed E-state index contributed by atoms with van der Waals surface area (Å²) < 4.78 is 0. The minimum absolute atomic E-state index is 0.0584. The molecular formula is C21H27N5O2S. The van der Waals surface area contributed by atoms with Gasteiger partial charge in [0.1, 0.15) is 11.6 Å². The number of hydrogen-bond donors (Lipinski definition) is 3. The maximum Gasteiger partial charge on any atom is 0.230 e. The first kappa shape index (κ1) is 20.0. The molecule has 2 aromatic rings.